The fourth-order valence-electron chi connectivity index (χ4n) is 4.15. The maximum atomic E-state index is 13.7. The first-order valence-electron chi connectivity index (χ1n) is 9.95. The number of benzene rings is 3. The van der Waals surface area contributed by atoms with Gasteiger partial charge in [0.2, 0.25) is 9.84 Å². The number of fused-ring (bicyclic) bond motifs is 2. The Labute approximate surface area is 183 Å². The van der Waals surface area contributed by atoms with Crippen molar-refractivity contribution in [1.29, 1.82) is 0 Å². The van der Waals surface area contributed by atoms with Crippen LogP contribution in [0.5, 0.6) is 0 Å². The standard InChI is InChI=1S/C24H19N3O4S/c1-15-11-13-16(14-12-15)20-21(32(30,31)17-7-3-2-4-8-17)22(25)27-24(29)19-10-6-5-9-18(19)23(28)26(20)27/h2-14,20H,25H2,1H3. The van der Waals surface area contributed by atoms with Crippen molar-refractivity contribution in [3.8, 4) is 0 Å². The molecule has 1 aromatic heterocycles. The van der Waals surface area contributed by atoms with Crippen molar-refractivity contribution >= 4 is 26.4 Å². The second-order valence-corrected chi connectivity index (χ2v) is 9.61. The van der Waals surface area contributed by atoms with Crippen LogP contribution in [0.2, 0.25) is 0 Å². The second-order valence-electron chi connectivity index (χ2n) is 7.69. The molecular weight excluding hydrogens is 426 g/mol. The third kappa shape index (κ3) is 2.76. The third-order valence-electron chi connectivity index (χ3n) is 5.71. The molecule has 3 aromatic carbocycles. The van der Waals surface area contributed by atoms with Crippen LogP contribution in [0.15, 0.2) is 98.3 Å². The van der Waals surface area contributed by atoms with Crippen LogP contribution in [0.25, 0.3) is 16.6 Å². The summed E-state index contributed by atoms with van der Waals surface area (Å²) in [6.07, 6.45) is 0. The zero-order chi connectivity index (χ0) is 22.6. The van der Waals surface area contributed by atoms with Crippen molar-refractivity contribution in [2.75, 3.05) is 0 Å². The van der Waals surface area contributed by atoms with Gasteiger partial charge in [-0.15, -0.1) is 0 Å². The monoisotopic (exact) mass is 445 g/mol. The molecule has 0 radical (unpaired) electrons. The number of nitrogens with two attached hydrogens (primary N) is 1. The lowest BCUT2D eigenvalue weighted by Gasteiger charge is -2.19. The molecule has 0 amide bonds. The minimum absolute atomic E-state index is 0.0357. The summed E-state index contributed by atoms with van der Waals surface area (Å²) in [5, 5.41) is 0.384. The van der Waals surface area contributed by atoms with Crippen molar-refractivity contribution in [2.24, 2.45) is 5.73 Å². The molecule has 0 bridgehead atoms. The lowest BCUT2D eigenvalue weighted by molar-refractivity contribution is 0.535. The molecule has 1 unspecified atom stereocenters. The van der Waals surface area contributed by atoms with Gasteiger partial charge in [0.25, 0.3) is 11.1 Å². The van der Waals surface area contributed by atoms with Crippen LogP contribution in [-0.2, 0) is 9.84 Å². The lowest BCUT2D eigenvalue weighted by Crippen LogP contribution is -2.38. The Hall–Kier alpha value is -3.91. The fourth-order valence-corrected chi connectivity index (χ4v) is 5.81. The van der Waals surface area contributed by atoms with E-state index < -0.39 is 27.0 Å². The Kier molecular flexibility index (Phi) is 4.42. The molecule has 8 heteroatoms. The van der Waals surface area contributed by atoms with E-state index in [9.17, 15) is 18.0 Å². The number of hydrogen-bond donors (Lipinski definition) is 1. The van der Waals surface area contributed by atoms with Gasteiger partial charge in [-0.05, 0) is 36.8 Å². The lowest BCUT2D eigenvalue weighted by atomic mass is 10.1. The smallest absolute Gasteiger partial charge is 0.279 e. The van der Waals surface area contributed by atoms with Crippen molar-refractivity contribution in [2.45, 2.75) is 17.9 Å². The molecule has 5 rings (SSSR count). The van der Waals surface area contributed by atoms with Crippen LogP contribution >= 0.6 is 0 Å². The average Bonchev–Trinajstić information content (AvgIpc) is 3.12. The molecule has 2 N–H and O–H groups in total. The minimum atomic E-state index is -4.12. The Morgan fingerprint density at radius 2 is 1.34 bits per heavy atom. The van der Waals surface area contributed by atoms with E-state index in [4.69, 9.17) is 5.73 Å². The first-order valence-corrected chi connectivity index (χ1v) is 11.4. The van der Waals surface area contributed by atoms with Crippen molar-refractivity contribution in [3.05, 3.63) is 116 Å². The van der Waals surface area contributed by atoms with Gasteiger partial charge < -0.3 is 5.73 Å². The zero-order valence-corrected chi connectivity index (χ0v) is 17.9. The van der Waals surface area contributed by atoms with E-state index >= 15 is 0 Å². The molecule has 0 fully saturated rings. The van der Waals surface area contributed by atoms with Gasteiger partial charge in [0.1, 0.15) is 16.8 Å². The normalized spacial score (nSPS) is 15.8. The van der Waals surface area contributed by atoms with Gasteiger partial charge in [-0.2, -0.15) is 4.68 Å². The predicted molar refractivity (Wildman–Crippen MR) is 123 cm³/mol. The summed E-state index contributed by atoms with van der Waals surface area (Å²) in [5.74, 6) is -0.271. The molecule has 2 heterocycles. The summed E-state index contributed by atoms with van der Waals surface area (Å²) in [4.78, 5) is 26.7. The van der Waals surface area contributed by atoms with Crippen LogP contribution in [0.4, 0.5) is 0 Å². The molecule has 4 aromatic rings. The molecule has 32 heavy (non-hydrogen) atoms. The highest BCUT2D eigenvalue weighted by Gasteiger charge is 2.41. The Morgan fingerprint density at radius 1 is 0.781 bits per heavy atom. The molecule has 0 aliphatic carbocycles. The topological polar surface area (TPSA) is 104 Å². The molecule has 1 aliphatic rings. The fraction of sp³-hybridized carbons (Fsp3) is 0.0833. The van der Waals surface area contributed by atoms with E-state index in [0.29, 0.717) is 5.56 Å². The molecule has 0 saturated heterocycles. The first kappa shape index (κ1) is 20.0. The van der Waals surface area contributed by atoms with E-state index in [1.54, 1.807) is 48.5 Å². The van der Waals surface area contributed by atoms with E-state index in [-0.39, 0.29) is 26.4 Å². The molecule has 160 valence electrons. The Bertz CT molecular complexity index is 1630. The maximum absolute atomic E-state index is 13.7. The van der Waals surface area contributed by atoms with Crippen molar-refractivity contribution in [1.82, 2.24) is 9.36 Å². The largest absolute Gasteiger partial charge is 0.383 e. The van der Waals surface area contributed by atoms with Crippen LogP contribution in [0.1, 0.15) is 17.2 Å². The van der Waals surface area contributed by atoms with E-state index in [2.05, 4.69) is 0 Å². The summed E-state index contributed by atoms with van der Waals surface area (Å²) in [6, 6.07) is 20.3. The number of nitrogens with zero attached hydrogens (tertiary/aromatic N) is 2. The second kappa shape index (κ2) is 7.06. The number of rotatable bonds is 3. The van der Waals surface area contributed by atoms with Crippen LogP contribution < -0.4 is 16.9 Å². The highest BCUT2D eigenvalue weighted by molar-refractivity contribution is 7.95. The zero-order valence-electron chi connectivity index (χ0n) is 17.1. The van der Waals surface area contributed by atoms with Crippen molar-refractivity contribution < 1.29 is 8.42 Å². The number of aromatic nitrogens is 2. The van der Waals surface area contributed by atoms with Gasteiger partial charge in [0, 0.05) is 0 Å². The molecule has 7 nitrogen and oxygen atoms in total. The van der Waals surface area contributed by atoms with Crippen LogP contribution in [0, 0.1) is 6.92 Å². The average molecular weight is 446 g/mol. The first-order chi connectivity index (χ1) is 15.3. The molecule has 0 saturated carbocycles. The Morgan fingerprint density at radius 3 is 1.97 bits per heavy atom. The highest BCUT2D eigenvalue weighted by Crippen LogP contribution is 2.39. The third-order valence-corrected chi connectivity index (χ3v) is 7.62. The van der Waals surface area contributed by atoms with Gasteiger partial charge in [0.15, 0.2) is 0 Å². The summed E-state index contributed by atoms with van der Waals surface area (Å²) in [5.41, 5.74) is 6.80. The molecular formula is C24H19N3O4S. The SMILES string of the molecule is Cc1ccc(C2C(S(=O)(=O)c3ccccc3)=C(N)n3c(=O)c4ccccc4c(=O)n32)cc1. The highest BCUT2D eigenvalue weighted by atomic mass is 32.2. The summed E-state index contributed by atoms with van der Waals surface area (Å²) < 4.78 is 29.6. The number of sulfone groups is 1. The van der Waals surface area contributed by atoms with E-state index in [1.165, 1.54) is 18.2 Å². The summed E-state index contributed by atoms with van der Waals surface area (Å²) in [7, 11) is -4.12. The molecule has 0 spiro atoms. The number of allylic oxidation sites excluding steroid dienone is 1. The van der Waals surface area contributed by atoms with Crippen molar-refractivity contribution in [3.63, 3.8) is 0 Å². The van der Waals surface area contributed by atoms with Crippen LogP contribution in [-0.4, -0.2) is 17.8 Å². The summed E-state index contributed by atoms with van der Waals surface area (Å²) in [6.45, 7) is 1.91. The quantitative estimate of drug-likeness (QED) is 0.522. The van der Waals surface area contributed by atoms with Gasteiger partial charge in [-0.3, -0.25) is 9.59 Å². The van der Waals surface area contributed by atoms with Gasteiger partial charge in [-0.1, -0.05) is 60.2 Å². The predicted octanol–water partition coefficient (Wildman–Crippen LogP) is 2.63. The van der Waals surface area contributed by atoms with Gasteiger partial charge >= 0.3 is 0 Å². The van der Waals surface area contributed by atoms with E-state index in [1.807, 2.05) is 19.1 Å². The molecule has 1 atom stereocenters. The minimum Gasteiger partial charge on any atom is -0.383 e. The van der Waals surface area contributed by atoms with Gasteiger partial charge in [-0.25, -0.2) is 13.1 Å². The number of aryl methyl sites for hydroxylation is 1. The Balaban J connectivity index is 1.92. The summed E-state index contributed by atoms with van der Waals surface area (Å²) >= 11 is 0. The number of hydrogen-bond acceptors (Lipinski definition) is 5. The maximum Gasteiger partial charge on any atom is 0.279 e. The van der Waals surface area contributed by atoms with Crippen LogP contribution in [0.3, 0.4) is 0 Å². The van der Waals surface area contributed by atoms with Gasteiger partial charge in [0.05, 0.1) is 15.7 Å². The van der Waals surface area contributed by atoms with E-state index in [0.717, 1.165) is 14.9 Å². The molecule has 1 aliphatic heterocycles.